The zero-order chi connectivity index (χ0) is 19.2. The maximum absolute atomic E-state index is 11.5. The van der Waals surface area contributed by atoms with Gasteiger partial charge in [-0.2, -0.15) is 26.3 Å². The highest BCUT2D eigenvalue weighted by Gasteiger charge is 2.55. The molecule has 0 amide bonds. The van der Waals surface area contributed by atoms with Crippen molar-refractivity contribution in [1.29, 1.82) is 0 Å². The Morgan fingerprint density at radius 1 is 1.00 bits per heavy atom. The van der Waals surface area contributed by atoms with Crippen molar-refractivity contribution in [2.24, 2.45) is 0 Å². The van der Waals surface area contributed by atoms with Crippen molar-refractivity contribution < 1.29 is 43.2 Å². The van der Waals surface area contributed by atoms with Crippen molar-refractivity contribution in [1.82, 2.24) is 9.11 Å². The van der Waals surface area contributed by atoms with Crippen LogP contribution in [0.25, 0.3) is 0 Å². The van der Waals surface area contributed by atoms with E-state index < -0.39 is 35.2 Å². The number of rotatable bonds is 5. The van der Waals surface area contributed by atoms with Gasteiger partial charge in [-0.25, -0.2) is 16.8 Å². The Morgan fingerprint density at radius 3 is 1.75 bits per heavy atom. The monoisotopic (exact) mass is 404 g/mol. The first-order chi connectivity index (χ1) is 10.6. The molecule has 24 heavy (non-hydrogen) atoms. The minimum atomic E-state index is -6.60. The molecule has 1 aromatic heterocycles. The number of aryl methyl sites for hydroxylation is 1. The van der Waals surface area contributed by atoms with Crippen molar-refractivity contribution in [2.75, 3.05) is 0 Å². The average molecular weight is 404 g/mol. The summed E-state index contributed by atoms with van der Waals surface area (Å²) in [7, 11) is -13.2. The second-order valence-corrected chi connectivity index (χ2v) is 7.89. The number of hydrogen-bond donors (Lipinski definition) is 2. The maximum Gasteiger partial charge on any atom is 0.512 e. The molecule has 0 spiro atoms. The SMILES string of the molecule is CCCCc1ccc[nH]1.O=S(=O)(NS(=O)(=O)C(F)(F)F)C(F)(F)F. The van der Waals surface area contributed by atoms with Crippen LogP contribution >= 0.6 is 0 Å². The Labute approximate surface area is 134 Å². The Morgan fingerprint density at radius 2 is 1.46 bits per heavy atom. The highest BCUT2D eigenvalue weighted by molar-refractivity contribution is 8.05. The first kappa shape index (κ1) is 22.7. The van der Waals surface area contributed by atoms with Gasteiger partial charge in [0.05, 0.1) is 0 Å². The number of aromatic nitrogens is 1. The van der Waals surface area contributed by atoms with Gasteiger partial charge < -0.3 is 4.98 Å². The molecule has 0 aliphatic heterocycles. The highest BCUT2D eigenvalue weighted by Crippen LogP contribution is 2.27. The lowest BCUT2D eigenvalue weighted by Crippen LogP contribution is -2.45. The number of H-pyrrole nitrogens is 1. The van der Waals surface area contributed by atoms with E-state index in [1.807, 2.05) is 12.3 Å². The lowest BCUT2D eigenvalue weighted by molar-refractivity contribution is -0.0476. The molecule has 2 N–H and O–H groups in total. The van der Waals surface area contributed by atoms with Crippen molar-refractivity contribution in [3.05, 3.63) is 24.0 Å². The average Bonchev–Trinajstić information content (AvgIpc) is 2.86. The van der Waals surface area contributed by atoms with Crippen molar-refractivity contribution in [3.8, 4) is 0 Å². The highest BCUT2D eigenvalue weighted by atomic mass is 32.3. The molecular formula is C10H14F6N2O4S2. The van der Waals surface area contributed by atoms with Gasteiger partial charge in [-0.3, -0.25) is 0 Å². The summed E-state index contributed by atoms with van der Waals surface area (Å²) < 4.78 is 108. The Bertz CT molecular complexity index is 651. The fourth-order valence-corrected chi connectivity index (χ4v) is 3.04. The van der Waals surface area contributed by atoms with Crippen LogP contribution in [-0.4, -0.2) is 32.8 Å². The Balaban J connectivity index is 0.000000496. The molecule has 14 heteroatoms. The van der Waals surface area contributed by atoms with E-state index in [2.05, 4.69) is 18.0 Å². The number of unbranched alkanes of at least 4 members (excludes halogenated alkanes) is 1. The first-order valence-electron chi connectivity index (χ1n) is 6.17. The number of aromatic amines is 1. The minimum absolute atomic E-state index is 0.493. The van der Waals surface area contributed by atoms with E-state index in [-0.39, 0.29) is 0 Å². The lowest BCUT2D eigenvalue weighted by atomic mass is 10.2. The summed E-state index contributed by atoms with van der Waals surface area (Å²) in [6, 6.07) is 4.18. The number of sulfonamides is 2. The van der Waals surface area contributed by atoms with E-state index in [4.69, 9.17) is 0 Å². The summed E-state index contributed by atoms with van der Waals surface area (Å²) in [6.07, 6.45) is 5.74. The van der Waals surface area contributed by atoms with Crippen LogP contribution in [0.3, 0.4) is 0 Å². The Hall–Kier alpha value is -1.28. The molecule has 0 saturated carbocycles. The maximum atomic E-state index is 11.5. The molecule has 0 aromatic carbocycles. The second kappa shape index (κ2) is 8.20. The van der Waals surface area contributed by atoms with E-state index in [1.165, 1.54) is 25.0 Å². The smallest absolute Gasteiger partial charge is 0.365 e. The molecule has 1 rings (SSSR count). The molecule has 0 bridgehead atoms. The van der Waals surface area contributed by atoms with Crippen LogP contribution in [-0.2, 0) is 26.5 Å². The fourth-order valence-electron chi connectivity index (χ4n) is 1.13. The number of hydrogen-bond acceptors (Lipinski definition) is 4. The van der Waals surface area contributed by atoms with Crippen LogP contribution in [0.4, 0.5) is 26.3 Å². The van der Waals surface area contributed by atoms with E-state index in [0.29, 0.717) is 0 Å². The zero-order valence-electron chi connectivity index (χ0n) is 12.1. The third kappa shape index (κ3) is 7.09. The predicted molar refractivity (Wildman–Crippen MR) is 72.5 cm³/mol. The molecule has 1 heterocycles. The molecule has 0 fully saturated rings. The summed E-state index contributed by atoms with van der Waals surface area (Å²) in [5.74, 6) is 0. The molecule has 1 aromatic rings. The van der Waals surface area contributed by atoms with Crippen molar-refractivity contribution in [3.63, 3.8) is 0 Å². The molecule has 0 radical (unpaired) electrons. The quantitative estimate of drug-likeness (QED) is 0.738. The molecule has 0 aliphatic rings. The van der Waals surface area contributed by atoms with E-state index >= 15 is 0 Å². The molecule has 142 valence electrons. The number of alkyl halides is 6. The van der Waals surface area contributed by atoms with Crippen LogP contribution in [0.15, 0.2) is 18.3 Å². The Kier molecular flexibility index (Phi) is 7.76. The minimum Gasteiger partial charge on any atom is -0.365 e. The van der Waals surface area contributed by atoms with Gasteiger partial charge in [-0.15, -0.1) is 0 Å². The largest absolute Gasteiger partial charge is 0.512 e. The van der Waals surface area contributed by atoms with E-state index in [0.717, 1.165) is 0 Å². The van der Waals surface area contributed by atoms with Gasteiger partial charge in [0.2, 0.25) is 0 Å². The second-order valence-electron chi connectivity index (χ2n) is 4.28. The van der Waals surface area contributed by atoms with E-state index in [9.17, 15) is 43.2 Å². The predicted octanol–water partition coefficient (Wildman–Crippen LogP) is 2.63. The standard InChI is InChI=1S/C8H13N.C2HF6NO4S2/c1-2-3-5-8-6-4-7-9-8;3-1(4,5)14(10,11)9-15(12,13)2(6,7)8/h4,6-7,9H,2-3,5H2,1H3;9H. The number of halogens is 6. The zero-order valence-corrected chi connectivity index (χ0v) is 13.7. The van der Waals surface area contributed by atoms with Gasteiger partial charge in [-0.05, 0) is 25.0 Å². The third-order valence-electron chi connectivity index (χ3n) is 2.29. The van der Waals surface area contributed by atoms with Gasteiger partial charge in [0.15, 0.2) is 0 Å². The van der Waals surface area contributed by atoms with Gasteiger partial charge in [-0.1, -0.05) is 17.5 Å². The summed E-state index contributed by atoms with van der Waals surface area (Å²) in [5, 5.41) is 0. The lowest BCUT2D eigenvalue weighted by Gasteiger charge is -2.11. The van der Waals surface area contributed by atoms with Gasteiger partial charge in [0.25, 0.3) is 0 Å². The van der Waals surface area contributed by atoms with Gasteiger partial charge in [0.1, 0.15) is 0 Å². The molecule has 0 atom stereocenters. The molecule has 6 nitrogen and oxygen atoms in total. The van der Waals surface area contributed by atoms with Gasteiger partial charge >= 0.3 is 31.1 Å². The summed E-state index contributed by atoms with van der Waals surface area (Å²) in [4.78, 5) is 3.17. The molecule has 0 aliphatic carbocycles. The van der Waals surface area contributed by atoms with Crippen LogP contribution in [0, 0.1) is 0 Å². The van der Waals surface area contributed by atoms with Gasteiger partial charge in [0, 0.05) is 11.9 Å². The summed E-state index contributed by atoms with van der Waals surface area (Å²) in [6.45, 7) is 2.21. The molecule has 0 saturated heterocycles. The van der Waals surface area contributed by atoms with E-state index in [1.54, 1.807) is 0 Å². The van der Waals surface area contributed by atoms with Crippen LogP contribution in [0.1, 0.15) is 25.5 Å². The van der Waals surface area contributed by atoms with Crippen LogP contribution in [0.2, 0.25) is 0 Å². The normalized spacial score (nSPS) is 13.3. The summed E-state index contributed by atoms with van der Waals surface area (Å²) >= 11 is 0. The molecule has 0 unspecified atom stereocenters. The molecular weight excluding hydrogens is 390 g/mol. The van der Waals surface area contributed by atoms with Crippen molar-refractivity contribution >= 4 is 20.0 Å². The van der Waals surface area contributed by atoms with Crippen LogP contribution < -0.4 is 4.13 Å². The summed E-state index contributed by atoms with van der Waals surface area (Å²) in [5.41, 5.74) is -10.9. The fraction of sp³-hybridized carbons (Fsp3) is 0.600. The third-order valence-corrected chi connectivity index (χ3v) is 5.27. The first-order valence-corrected chi connectivity index (χ1v) is 9.14. The van der Waals surface area contributed by atoms with Crippen LogP contribution in [0.5, 0.6) is 0 Å². The number of nitrogens with one attached hydrogen (secondary N) is 2. The van der Waals surface area contributed by atoms with Crippen molar-refractivity contribution in [2.45, 2.75) is 37.2 Å². The topological polar surface area (TPSA) is 96.1 Å².